The summed E-state index contributed by atoms with van der Waals surface area (Å²) in [6.07, 6.45) is 1.69. The van der Waals surface area contributed by atoms with Crippen molar-refractivity contribution in [1.29, 1.82) is 5.26 Å². The van der Waals surface area contributed by atoms with E-state index >= 15 is 0 Å². The number of nitriles is 1. The molecular formula is C25H17Cl2FIN3O2. The summed E-state index contributed by atoms with van der Waals surface area (Å²) in [5.74, 6) is 1.09. The number of ether oxygens (including phenoxy) is 2. The van der Waals surface area contributed by atoms with Gasteiger partial charge in [0.2, 0.25) is 0 Å². The molecule has 4 rings (SSSR count). The van der Waals surface area contributed by atoms with Crippen molar-refractivity contribution in [2.75, 3.05) is 6.61 Å². The van der Waals surface area contributed by atoms with Crippen molar-refractivity contribution in [2.24, 2.45) is 0 Å². The first-order valence-corrected chi connectivity index (χ1v) is 12.0. The molecule has 0 fully saturated rings. The van der Waals surface area contributed by atoms with Gasteiger partial charge >= 0.3 is 0 Å². The van der Waals surface area contributed by atoms with E-state index in [1.54, 1.807) is 30.3 Å². The van der Waals surface area contributed by atoms with Gasteiger partial charge in [-0.25, -0.2) is 9.37 Å². The molecule has 0 unspecified atom stereocenters. The van der Waals surface area contributed by atoms with E-state index in [1.165, 1.54) is 12.1 Å². The van der Waals surface area contributed by atoms with Gasteiger partial charge in [0.05, 0.1) is 26.8 Å². The maximum absolute atomic E-state index is 13.5. The van der Waals surface area contributed by atoms with Gasteiger partial charge in [0.1, 0.15) is 24.3 Å². The number of nitrogens with zero attached hydrogens (tertiary/aromatic N) is 2. The number of rotatable bonds is 7. The number of hydrogen-bond donors (Lipinski definition) is 1. The third kappa shape index (κ3) is 5.46. The number of hydrogen-bond acceptors (Lipinski definition) is 4. The number of nitrogens with one attached hydrogen (secondary N) is 1. The predicted octanol–water partition coefficient (Wildman–Crippen LogP) is 7.66. The molecule has 9 heteroatoms. The highest BCUT2D eigenvalue weighted by atomic mass is 127. The third-order valence-electron chi connectivity index (χ3n) is 4.85. The Hall–Kier alpha value is -2.80. The molecule has 172 valence electrons. The standard InChI is InChI=1S/C25H17Cl2FIN3O2/c1-2-33-23-9-14(7-16(12-30)25-31-21-6-5-18(28)11-22(21)32-25)8-20(29)24(23)34-13-15-3-4-17(26)10-19(15)27/h3-11H,2,13H2,1H3,(H,31,32)/b16-7-. The molecule has 0 bridgehead atoms. The van der Waals surface area contributed by atoms with Crippen molar-refractivity contribution in [3.05, 3.63) is 84.9 Å². The van der Waals surface area contributed by atoms with E-state index in [4.69, 9.17) is 32.7 Å². The smallest absolute Gasteiger partial charge is 0.175 e. The van der Waals surface area contributed by atoms with Crippen LogP contribution in [0.25, 0.3) is 22.7 Å². The zero-order valence-electron chi connectivity index (χ0n) is 17.8. The molecule has 0 aliphatic rings. The van der Waals surface area contributed by atoms with Crippen molar-refractivity contribution in [3.8, 4) is 17.6 Å². The monoisotopic (exact) mass is 607 g/mol. The van der Waals surface area contributed by atoms with E-state index in [0.29, 0.717) is 50.6 Å². The summed E-state index contributed by atoms with van der Waals surface area (Å²) in [7, 11) is 0. The van der Waals surface area contributed by atoms with Crippen molar-refractivity contribution < 1.29 is 13.9 Å². The Morgan fingerprint density at radius 2 is 2.00 bits per heavy atom. The van der Waals surface area contributed by atoms with Gasteiger partial charge in [-0.1, -0.05) is 29.3 Å². The van der Waals surface area contributed by atoms with Crippen LogP contribution in [-0.4, -0.2) is 16.6 Å². The van der Waals surface area contributed by atoms with Gasteiger partial charge in [-0.05, 0) is 83.6 Å². The van der Waals surface area contributed by atoms with Crippen molar-refractivity contribution in [1.82, 2.24) is 9.97 Å². The largest absolute Gasteiger partial charge is 0.490 e. The minimum absolute atomic E-state index is 0.236. The van der Waals surface area contributed by atoms with E-state index < -0.39 is 0 Å². The lowest BCUT2D eigenvalue weighted by Crippen LogP contribution is -2.02. The Balaban J connectivity index is 1.66. The molecule has 34 heavy (non-hydrogen) atoms. The second-order valence-electron chi connectivity index (χ2n) is 7.20. The Morgan fingerprint density at radius 3 is 2.74 bits per heavy atom. The van der Waals surface area contributed by atoms with Crippen LogP contribution >= 0.6 is 45.8 Å². The van der Waals surface area contributed by atoms with Crippen molar-refractivity contribution in [2.45, 2.75) is 13.5 Å². The number of imidazole rings is 1. The van der Waals surface area contributed by atoms with Crippen LogP contribution in [0.3, 0.4) is 0 Å². The Kier molecular flexibility index (Phi) is 7.61. The Morgan fingerprint density at radius 1 is 1.18 bits per heavy atom. The molecule has 0 atom stereocenters. The number of allylic oxidation sites excluding steroid dienone is 1. The highest BCUT2D eigenvalue weighted by molar-refractivity contribution is 14.1. The predicted molar refractivity (Wildman–Crippen MR) is 141 cm³/mol. The van der Waals surface area contributed by atoms with Crippen LogP contribution in [0.2, 0.25) is 10.0 Å². The van der Waals surface area contributed by atoms with Crippen molar-refractivity contribution in [3.63, 3.8) is 0 Å². The number of fused-ring (bicyclic) bond motifs is 1. The number of H-pyrrole nitrogens is 1. The maximum atomic E-state index is 13.5. The normalized spacial score (nSPS) is 11.5. The summed E-state index contributed by atoms with van der Waals surface area (Å²) in [4.78, 5) is 7.40. The molecule has 0 amide bonds. The molecule has 1 N–H and O–H groups in total. The molecular weight excluding hydrogens is 591 g/mol. The first kappa shape index (κ1) is 24.3. The molecule has 0 aliphatic carbocycles. The molecule has 0 radical (unpaired) electrons. The molecule has 1 aromatic heterocycles. The second-order valence-corrected chi connectivity index (χ2v) is 9.21. The summed E-state index contributed by atoms with van der Waals surface area (Å²) in [6.45, 7) is 2.55. The maximum Gasteiger partial charge on any atom is 0.175 e. The molecule has 5 nitrogen and oxygen atoms in total. The minimum atomic E-state index is -0.378. The van der Waals surface area contributed by atoms with E-state index in [9.17, 15) is 9.65 Å². The number of aromatic amines is 1. The fourth-order valence-electron chi connectivity index (χ4n) is 3.29. The van der Waals surface area contributed by atoms with Gasteiger partial charge in [-0.3, -0.25) is 0 Å². The zero-order valence-corrected chi connectivity index (χ0v) is 21.5. The molecule has 0 aliphatic heterocycles. The lowest BCUT2D eigenvalue weighted by Gasteiger charge is -2.15. The molecule has 0 saturated heterocycles. The highest BCUT2D eigenvalue weighted by Gasteiger charge is 2.15. The van der Waals surface area contributed by atoms with Crippen LogP contribution < -0.4 is 9.47 Å². The van der Waals surface area contributed by atoms with Gasteiger partial charge in [-0.2, -0.15) is 5.26 Å². The molecule has 1 heterocycles. The Labute approximate surface area is 219 Å². The summed E-state index contributed by atoms with van der Waals surface area (Å²) in [6, 6.07) is 15.3. The van der Waals surface area contributed by atoms with Crippen LogP contribution in [0, 0.1) is 20.7 Å². The first-order chi connectivity index (χ1) is 16.4. The number of benzene rings is 3. The van der Waals surface area contributed by atoms with Gasteiger partial charge in [0, 0.05) is 15.6 Å². The number of halogens is 4. The van der Waals surface area contributed by atoms with E-state index in [1.807, 2.05) is 19.1 Å². The topological polar surface area (TPSA) is 70.9 Å². The summed E-state index contributed by atoms with van der Waals surface area (Å²) >= 11 is 14.4. The van der Waals surface area contributed by atoms with E-state index in [0.717, 1.165) is 14.7 Å². The Bertz CT molecular complexity index is 1450. The van der Waals surface area contributed by atoms with Gasteiger partial charge in [0.25, 0.3) is 0 Å². The SMILES string of the molecule is CCOc1cc(/C=C(/C#N)c2nc3ccc(F)cc3[nH]2)cc(I)c1OCc1ccc(Cl)cc1Cl. The molecule has 0 saturated carbocycles. The van der Waals surface area contributed by atoms with Crippen LogP contribution in [0.1, 0.15) is 23.9 Å². The fraction of sp³-hybridized carbons (Fsp3) is 0.120. The minimum Gasteiger partial charge on any atom is -0.490 e. The average Bonchev–Trinajstić information content (AvgIpc) is 3.21. The zero-order chi connectivity index (χ0) is 24.2. The lowest BCUT2D eigenvalue weighted by molar-refractivity contribution is 0.267. The highest BCUT2D eigenvalue weighted by Crippen LogP contribution is 2.36. The number of aromatic nitrogens is 2. The van der Waals surface area contributed by atoms with E-state index in [-0.39, 0.29) is 12.4 Å². The summed E-state index contributed by atoms with van der Waals surface area (Å²) in [5, 5.41) is 10.8. The van der Waals surface area contributed by atoms with Gasteiger partial charge in [0.15, 0.2) is 11.5 Å². The van der Waals surface area contributed by atoms with Gasteiger partial charge in [-0.15, -0.1) is 0 Å². The molecule has 0 spiro atoms. The van der Waals surface area contributed by atoms with E-state index in [2.05, 4.69) is 38.6 Å². The lowest BCUT2D eigenvalue weighted by atomic mass is 10.1. The fourth-order valence-corrected chi connectivity index (χ4v) is 4.54. The third-order valence-corrected chi connectivity index (χ3v) is 6.24. The molecule has 4 aromatic rings. The van der Waals surface area contributed by atoms with Crippen LogP contribution in [0.4, 0.5) is 4.39 Å². The van der Waals surface area contributed by atoms with Gasteiger partial charge < -0.3 is 14.5 Å². The van der Waals surface area contributed by atoms with Crippen molar-refractivity contribution >= 4 is 68.5 Å². The molecule has 3 aromatic carbocycles. The quantitative estimate of drug-likeness (QED) is 0.173. The van der Waals surface area contributed by atoms with Crippen LogP contribution in [0.5, 0.6) is 11.5 Å². The van der Waals surface area contributed by atoms with Crippen LogP contribution in [-0.2, 0) is 6.61 Å². The van der Waals surface area contributed by atoms with Crippen LogP contribution in [0.15, 0.2) is 48.5 Å². The summed E-state index contributed by atoms with van der Waals surface area (Å²) in [5.41, 5.74) is 2.92. The average molecular weight is 608 g/mol. The first-order valence-electron chi connectivity index (χ1n) is 10.2. The summed E-state index contributed by atoms with van der Waals surface area (Å²) < 4.78 is 26.2. The second kappa shape index (κ2) is 10.6.